The molecule has 0 saturated heterocycles. The van der Waals surface area contributed by atoms with Gasteiger partial charge in [-0.25, -0.2) is 0 Å². The van der Waals surface area contributed by atoms with E-state index in [4.69, 9.17) is 0 Å². The quantitative estimate of drug-likeness (QED) is 0.156. The molecule has 0 heterocycles. The Balaban J connectivity index is 1.06. The van der Waals surface area contributed by atoms with E-state index >= 15 is 0 Å². The summed E-state index contributed by atoms with van der Waals surface area (Å²) >= 11 is 0. The highest BCUT2D eigenvalue weighted by Crippen LogP contribution is 2.58. The van der Waals surface area contributed by atoms with Gasteiger partial charge in [-0.2, -0.15) is 0 Å². The second-order valence-corrected chi connectivity index (χ2v) is 18.8. The minimum atomic E-state index is 0.136. The number of hydrogen-bond acceptors (Lipinski definition) is 0. The summed E-state index contributed by atoms with van der Waals surface area (Å²) in [4.78, 5) is 0. The first-order chi connectivity index (χ1) is 31.2. The highest BCUT2D eigenvalue weighted by molar-refractivity contribution is 6.21. The second-order valence-electron chi connectivity index (χ2n) is 18.8. The Labute approximate surface area is 368 Å². The number of hydrogen-bond donors (Lipinski definition) is 0. The largest absolute Gasteiger partial charge is 0.0767 e. The van der Waals surface area contributed by atoms with Crippen LogP contribution in [0.2, 0.25) is 0 Å². The van der Waals surface area contributed by atoms with E-state index in [0.29, 0.717) is 17.8 Å². The first-order valence-corrected chi connectivity index (χ1v) is 23.0. The summed E-state index contributed by atoms with van der Waals surface area (Å²) in [6, 6.07) is 42.5. The summed E-state index contributed by atoms with van der Waals surface area (Å²) in [5, 5.41) is 8.09. The Kier molecular flexibility index (Phi) is 6.89. The van der Waals surface area contributed by atoms with Crippen molar-refractivity contribution in [3.8, 4) is 33.4 Å². The van der Waals surface area contributed by atoms with Crippen LogP contribution in [0.4, 0.5) is 0 Å². The first kappa shape index (κ1) is 34.3. The summed E-state index contributed by atoms with van der Waals surface area (Å²) in [7, 11) is 0. The molecule has 294 valence electrons. The summed E-state index contributed by atoms with van der Waals surface area (Å²) in [6.07, 6.45) is 36.5. The van der Waals surface area contributed by atoms with Gasteiger partial charge in [0.05, 0.1) is 0 Å². The zero-order chi connectivity index (χ0) is 40.9. The minimum Gasteiger partial charge on any atom is -0.0767 e. The molecule has 0 aromatic heterocycles. The van der Waals surface area contributed by atoms with E-state index in [2.05, 4.69) is 194 Å². The third-order valence-corrected chi connectivity index (χ3v) is 15.9. The molecule has 15 rings (SSSR count). The van der Waals surface area contributed by atoms with Crippen LogP contribution in [0.3, 0.4) is 0 Å². The smallest absolute Gasteiger partial charge is 0.0284 e. The molecule has 1 fully saturated rings. The lowest BCUT2D eigenvalue weighted by molar-refractivity contribution is 0.589. The van der Waals surface area contributed by atoms with E-state index in [-0.39, 0.29) is 5.92 Å². The molecule has 0 amide bonds. The molecule has 0 nitrogen and oxygen atoms in total. The molecule has 7 aromatic rings. The molecule has 8 aliphatic rings. The summed E-state index contributed by atoms with van der Waals surface area (Å²) in [6.45, 7) is 0. The predicted molar refractivity (Wildman–Crippen MR) is 264 cm³/mol. The number of fused-ring (bicyclic) bond motifs is 13. The van der Waals surface area contributed by atoms with E-state index in [1.807, 2.05) is 0 Å². The Hall–Kier alpha value is -7.28. The number of benzene rings is 7. The average molecular weight is 799 g/mol. The zero-order valence-corrected chi connectivity index (χ0v) is 34.9. The molecule has 3 unspecified atom stereocenters. The highest BCUT2D eigenvalue weighted by Gasteiger charge is 2.45. The molecule has 7 aromatic carbocycles. The van der Waals surface area contributed by atoms with Gasteiger partial charge in [0, 0.05) is 23.7 Å². The van der Waals surface area contributed by atoms with Gasteiger partial charge in [-0.3, -0.25) is 0 Å². The fourth-order valence-electron chi connectivity index (χ4n) is 13.2. The maximum absolute atomic E-state index is 2.66. The van der Waals surface area contributed by atoms with E-state index in [1.54, 1.807) is 5.57 Å². The van der Waals surface area contributed by atoms with Crippen LogP contribution in [0.5, 0.6) is 0 Å². The molecule has 0 aliphatic heterocycles. The van der Waals surface area contributed by atoms with Crippen molar-refractivity contribution in [1.29, 1.82) is 0 Å². The highest BCUT2D eigenvalue weighted by atomic mass is 14.5. The number of allylic oxidation sites excluding steroid dienone is 18. The van der Waals surface area contributed by atoms with Gasteiger partial charge in [0.2, 0.25) is 0 Å². The standard InChI is InChI=1S/C63H42/c1-2-19-41-36(11-1)13-4-21-43(41)46-27-10-28-47(44-22-5-14-37-12-3-20-42(37)44)63(46)60-35-54-45(55-33-57-50-25-8-17-39-18-9-26-51(62(39)50)58(57)34-59(55)60)30-29-40-31-53-48-23-6-15-38-16-7-24-49(61(38)48)56(53)32-52(40)54/h1-3,5-12,14-32,34-35,39,44,57,62H,4,13,33H2/t39?,44?,57?,62-/m0/s1. The van der Waals surface area contributed by atoms with Gasteiger partial charge >= 0.3 is 0 Å². The van der Waals surface area contributed by atoms with Gasteiger partial charge < -0.3 is 0 Å². The van der Waals surface area contributed by atoms with Crippen molar-refractivity contribution in [2.75, 3.05) is 0 Å². The molecule has 0 bridgehead atoms. The van der Waals surface area contributed by atoms with E-state index in [9.17, 15) is 0 Å². The third kappa shape index (κ3) is 4.66. The molecule has 1 saturated carbocycles. The van der Waals surface area contributed by atoms with E-state index in [1.165, 1.54) is 127 Å². The third-order valence-electron chi connectivity index (χ3n) is 15.9. The van der Waals surface area contributed by atoms with Crippen LogP contribution in [-0.4, -0.2) is 0 Å². The van der Waals surface area contributed by atoms with Gasteiger partial charge in [-0.05, 0) is 170 Å². The van der Waals surface area contributed by atoms with Gasteiger partial charge in [-0.1, -0.05) is 176 Å². The van der Waals surface area contributed by atoms with Gasteiger partial charge in [0.1, 0.15) is 0 Å². The topological polar surface area (TPSA) is 0 Å². The molecular weight excluding hydrogens is 757 g/mol. The van der Waals surface area contributed by atoms with Crippen LogP contribution in [0, 0.1) is 17.8 Å². The van der Waals surface area contributed by atoms with Gasteiger partial charge in [-0.15, -0.1) is 0 Å². The van der Waals surface area contributed by atoms with Crippen LogP contribution >= 0.6 is 0 Å². The van der Waals surface area contributed by atoms with Crippen molar-refractivity contribution in [3.63, 3.8) is 0 Å². The molecular formula is C63H42. The molecule has 4 atom stereocenters. The SMILES string of the molecule is C1=CC2=CC=CC(c3cccc(C4=CCCc5ccccc54)c3-c3cc4c(ccc5cc6c(cc54)-c4cccc5cccc-6c45)c4c3C=C3C5=CC=CC6C=CC=C(C3C4)[C@@H]56)C2=C1. The fraction of sp³-hybridized carbons (Fsp3) is 0.111. The van der Waals surface area contributed by atoms with Gasteiger partial charge in [0.25, 0.3) is 0 Å². The van der Waals surface area contributed by atoms with Crippen molar-refractivity contribution in [3.05, 3.63) is 249 Å². The minimum absolute atomic E-state index is 0.136. The summed E-state index contributed by atoms with van der Waals surface area (Å²) < 4.78 is 0. The maximum atomic E-state index is 2.66. The van der Waals surface area contributed by atoms with Crippen LogP contribution in [0.1, 0.15) is 45.7 Å². The Morgan fingerprint density at radius 2 is 1.30 bits per heavy atom. The fourth-order valence-corrected chi connectivity index (χ4v) is 13.2. The van der Waals surface area contributed by atoms with Crippen molar-refractivity contribution in [1.82, 2.24) is 0 Å². The van der Waals surface area contributed by atoms with E-state index in [0.717, 1.165) is 19.3 Å². The Bertz CT molecular complexity index is 3640. The van der Waals surface area contributed by atoms with Crippen molar-refractivity contribution in [2.45, 2.75) is 25.2 Å². The van der Waals surface area contributed by atoms with Crippen molar-refractivity contribution >= 4 is 44.0 Å². The monoisotopic (exact) mass is 798 g/mol. The van der Waals surface area contributed by atoms with Crippen LogP contribution in [-0.2, 0) is 12.8 Å². The number of aryl methyl sites for hydroxylation is 1. The van der Waals surface area contributed by atoms with Crippen LogP contribution in [0.25, 0.3) is 77.3 Å². The summed E-state index contributed by atoms with van der Waals surface area (Å²) in [5.74, 6) is 1.36. The number of rotatable bonds is 3. The van der Waals surface area contributed by atoms with Crippen LogP contribution in [0.15, 0.2) is 216 Å². The predicted octanol–water partition coefficient (Wildman–Crippen LogP) is 15.7. The lowest BCUT2D eigenvalue weighted by Gasteiger charge is -2.30. The summed E-state index contributed by atoms with van der Waals surface area (Å²) in [5.41, 5.74) is 25.3. The molecule has 0 N–H and O–H groups in total. The Morgan fingerprint density at radius 3 is 2.22 bits per heavy atom. The normalized spacial score (nSPS) is 22.4. The molecule has 0 radical (unpaired) electrons. The van der Waals surface area contributed by atoms with Crippen molar-refractivity contribution < 1.29 is 0 Å². The van der Waals surface area contributed by atoms with Crippen LogP contribution < -0.4 is 0 Å². The second kappa shape index (κ2) is 12.7. The average Bonchev–Trinajstić information content (AvgIpc) is 4.04. The molecule has 8 aliphatic carbocycles. The lowest BCUT2D eigenvalue weighted by Crippen LogP contribution is -2.17. The van der Waals surface area contributed by atoms with E-state index < -0.39 is 0 Å². The molecule has 0 spiro atoms. The van der Waals surface area contributed by atoms with Gasteiger partial charge in [0.15, 0.2) is 0 Å². The van der Waals surface area contributed by atoms with Crippen molar-refractivity contribution in [2.24, 2.45) is 17.8 Å². The molecule has 63 heavy (non-hydrogen) atoms. The Morgan fingerprint density at radius 1 is 0.524 bits per heavy atom. The maximum Gasteiger partial charge on any atom is 0.0284 e. The zero-order valence-electron chi connectivity index (χ0n) is 34.9. The first-order valence-electron chi connectivity index (χ1n) is 23.0. The lowest BCUT2D eigenvalue weighted by atomic mass is 9.73. The molecule has 0 heteroatoms.